The lowest BCUT2D eigenvalue weighted by atomic mass is 10.7. The zero-order chi connectivity index (χ0) is 6.41. The number of carbonyl (C=O) groups excluding carboxylic acids is 1. The molecule has 0 fully saturated rings. The summed E-state index contributed by atoms with van der Waals surface area (Å²) in [5, 5.41) is 0. The van der Waals surface area contributed by atoms with Crippen LogP contribution in [0.15, 0.2) is 0 Å². The molecule has 0 heterocycles. The number of hydrogen-bond acceptors (Lipinski definition) is 2. The van der Waals surface area contributed by atoms with Crippen molar-refractivity contribution in [2.75, 3.05) is 6.54 Å². The molecule has 0 unspecified atom stereocenters. The van der Waals surface area contributed by atoms with E-state index >= 15 is 0 Å². The minimum Gasteiger partial charge on any atom is -0.351 e. The van der Waals surface area contributed by atoms with Gasteiger partial charge in [0.25, 0.3) is 0 Å². The van der Waals surface area contributed by atoms with Gasteiger partial charge in [-0.05, 0) is 0 Å². The third kappa shape index (κ3) is 4.79. The van der Waals surface area contributed by atoms with Crippen LogP contribution in [0.3, 0.4) is 0 Å². The maximum atomic E-state index is 9.85. The molecule has 4 heteroatoms. The van der Waals surface area contributed by atoms with E-state index < -0.39 is 6.03 Å². The van der Waals surface area contributed by atoms with Crippen LogP contribution < -0.4 is 16.6 Å². The zero-order valence-electron chi connectivity index (χ0n) is 4.27. The number of urea groups is 1. The minimum absolute atomic E-state index is 0.281. The predicted molar refractivity (Wildman–Crippen MR) is 29.6 cm³/mol. The van der Waals surface area contributed by atoms with Crippen molar-refractivity contribution in [2.24, 2.45) is 5.73 Å². The average Bonchev–Trinajstić information content (AvgIpc) is 1.66. The molecule has 8 heavy (non-hydrogen) atoms. The first-order valence-corrected chi connectivity index (χ1v) is 1.99. The van der Waals surface area contributed by atoms with Gasteiger partial charge >= 0.3 is 6.03 Å². The molecule has 0 bridgehead atoms. The third-order valence-corrected chi connectivity index (χ3v) is 0.402. The average molecular weight is 113 g/mol. The van der Waals surface area contributed by atoms with Gasteiger partial charge in [0.15, 0.2) is 0 Å². The zero-order valence-corrected chi connectivity index (χ0v) is 4.27. The highest BCUT2D eigenvalue weighted by Gasteiger charge is 1.83. The number of terminal acetylenes is 1. The SMILES string of the molecule is C#CCNNC(N)=O. The summed E-state index contributed by atoms with van der Waals surface area (Å²) >= 11 is 0. The summed E-state index contributed by atoms with van der Waals surface area (Å²) < 4.78 is 0. The first kappa shape index (κ1) is 6.79. The van der Waals surface area contributed by atoms with Gasteiger partial charge in [-0.25, -0.2) is 10.2 Å². The van der Waals surface area contributed by atoms with Crippen LogP contribution >= 0.6 is 0 Å². The molecule has 0 rings (SSSR count). The fourth-order valence-electron chi connectivity index (χ4n) is 0.182. The van der Waals surface area contributed by atoms with Crippen LogP contribution in [0.1, 0.15) is 0 Å². The number of rotatable bonds is 2. The van der Waals surface area contributed by atoms with Gasteiger partial charge in [0.05, 0.1) is 6.54 Å². The summed E-state index contributed by atoms with van der Waals surface area (Å²) in [6.07, 6.45) is 4.81. The van der Waals surface area contributed by atoms with Crippen molar-refractivity contribution in [3.05, 3.63) is 0 Å². The number of carbonyl (C=O) groups is 1. The van der Waals surface area contributed by atoms with E-state index in [2.05, 4.69) is 22.5 Å². The van der Waals surface area contributed by atoms with Crippen LogP contribution in [0, 0.1) is 12.3 Å². The smallest absolute Gasteiger partial charge is 0.326 e. The van der Waals surface area contributed by atoms with Gasteiger partial charge in [-0.2, -0.15) is 0 Å². The molecule has 0 aliphatic carbocycles. The van der Waals surface area contributed by atoms with Crippen molar-refractivity contribution in [2.45, 2.75) is 0 Å². The second kappa shape index (κ2) is 3.96. The Kier molecular flexibility index (Phi) is 3.36. The maximum Gasteiger partial charge on any atom is 0.326 e. The number of primary amides is 1. The first-order valence-electron chi connectivity index (χ1n) is 1.99. The van der Waals surface area contributed by atoms with Crippen molar-refractivity contribution >= 4 is 6.03 Å². The lowest BCUT2D eigenvalue weighted by Crippen LogP contribution is -2.41. The number of hydrazine groups is 1. The van der Waals surface area contributed by atoms with Crippen LogP contribution in [-0.2, 0) is 0 Å². The minimum atomic E-state index is -0.639. The van der Waals surface area contributed by atoms with E-state index in [4.69, 9.17) is 6.42 Å². The van der Waals surface area contributed by atoms with Crippen LogP contribution in [0.5, 0.6) is 0 Å². The standard InChI is InChI=1S/C4H7N3O/c1-2-3-6-7-4(5)8/h1,6H,3H2,(H3,5,7,8). The highest BCUT2D eigenvalue weighted by molar-refractivity contribution is 5.70. The second-order valence-corrected chi connectivity index (χ2v) is 1.05. The monoisotopic (exact) mass is 113 g/mol. The molecular formula is C4H7N3O. The van der Waals surface area contributed by atoms with Crippen molar-refractivity contribution in [3.63, 3.8) is 0 Å². The quantitative estimate of drug-likeness (QED) is 0.239. The predicted octanol–water partition coefficient (Wildman–Crippen LogP) is -1.21. The third-order valence-electron chi connectivity index (χ3n) is 0.402. The highest BCUT2D eigenvalue weighted by atomic mass is 16.2. The molecule has 0 aromatic heterocycles. The molecule has 2 amide bonds. The van der Waals surface area contributed by atoms with Gasteiger partial charge in [0, 0.05) is 0 Å². The molecular weight excluding hydrogens is 106 g/mol. The summed E-state index contributed by atoms with van der Waals surface area (Å²) in [5.74, 6) is 2.24. The van der Waals surface area contributed by atoms with E-state index in [1.165, 1.54) is 0 Å². The molecule has 0 aromatic rings. The number of nitrogens with two attached hydrogens (primary N) is 1. The van der Waals surface area contributed by atoms with Crippen LogP contribution in [0.25, 0.3) is 0 Å². The van der Waals surface area contributed by atoms with Gasteiger partial charge in [0.1, 0.15) is 0 Å². The molecule has 0 saturated carbocycles. The number of nitrogens with one attached hydrogen (secondary N) is 2. The fraction of sp³-hybridized carbons (Fsp3) is 0.250. The van der Waals surface area contributed by atoms with E-state index in [1.54, 1.807) is 0 Å². The lowest BCUT2D eigenvalue weighted by molar-refractivity contribution is 0.245. The van der Waals surface area contributed by atoms with Crippen LogP contribution in [0.2, 0.25) is 0 Å². The van der Waals surface area contributed by atoms with Gasteiger partial charge in [-0.15, -0.1) is 6.42 Å². The van der Waals surface area contributed by atoms with Crippen LogP contribution in [0.4, 0.5) is 4.79 Å². The van der Waals surface area contributed by atoms with Crippen molar-refractivity contribution in [1.29, 1.82) is 0 Å². The molecule has 4 N–H and O–H groups in total. The molecule has 0 aromatic carbocycles. The van der Waals surface area contributed by atoms with E-state index in [-0.39, 0.29) is 6.54 Å². The Hall–Kier alpha value is -1.21. The Morgan fingerprint density at radius 1 is 1.88 bits per heavy atom. The largest absolute Gasteiger partial charge is 0.351 e. The molecule has 0 saturated heterocycles. The molecule has 44 valence electrons. The molecule has 0 radical (unpaired) electrons. The summed E-state index contributed by atoms with van der Waals surface area (Å²) in [6.45, 7) is 0.281. The second-order valence-electron chi connectivity index (χ2n) is 1.05. The summed E-state index contributed by atoms with van der Waals surface area (Å²) in [4.78, 5) is 9.85. The lowest BCUT2D eigenvalue weighted by Gasteiger charge is -1.96. The summed E-state index contributed by atoms with van der Waals surface area (Å²) in [6, 6.07) is -0.639. The fourth-order valence-corrected chi connectivity index (χ4v) is 0.182. The van der Waals surface area contributed by atoms with Crippen molar-refractivity contribution < 1.29 is 4.79 Å². The van der Waals surface area contributed by atoms with E-state index in [1.807, 2.05) is 0 Å². The molecule has 0 atom stereocenters. The van der Waals surface area contributed by atoms with Gasteiger partial charge in [-0.1, -0.05) is 5.92 Å². The Bertz CT molecular complexity index is 115. The Balaban J connectivity index is 2.97. The van der Waals surface area contributed by atoms with E-state index in [9.17, 15) is 4.79 Å². The van der Waals surface area contributed by atoms with Gasteiger partial charge in [0.2, 0.25) is 0 Å². The van der Waals surface area contributed by atoms with Gasteiger partial charge in [-0.3, -0.25) is 5.43 Å². The number of amides is 2. The van der Waals surface area contributed by atoms with E-state index in [0.29, 0.717) is 0 Å². The number of hydrogen-bond donors (Lipinski definition) is 3. The molecule has 0 aliphatic rings. The normalized spacial score (nSPS) is 7.38. The molecule has 4 nitrogen and oxygen atoms in total. The maximum absolute atomic E-state index is 9.85. The molecule has 0 spiro atoms. The van der Waals surface area contributed by atoms with Crippen LogP contribution in [-0.4, -0.2) is 12.6 Å². The Labute approximate surface area is 47.4 Å². The summed E-state index contributed by atoms with van der Waals surface area (Å²) in [5.41, 5.74) is 9.12. The molecule has 0 aliphatic heterocycles. The van der Waals surface area contributed by atoms with E-state index in [0.717, 1.165) is 0 Å². The topological polar surface area (TPSA) is 67.2 Å². The summed E-state index contributed by atoms with van der Waals surface area (Å²) in [7, 11) is 0. The van der Waals surface area contributed by atoms with Gasteiger partial charge < -0.3 is 5.73 Å². The Morgan fingerprint density at radius 3 is 2.88 bits per heavy atom. The Morgan fingerprint density at radius 2 is 2.50 bits per heavy atom. The first-order chi connectivity index (χ1) is 3.77. The van der Waals surface area contributed by atoms with Crippen molar-refractivity contribution in [3.8, 4) is 12.3 Å². The van der Waals surface area contributed by atoms with Crippen molar-refractivity contribution in [1.82, 2.24) is 10.9 Å². The highest BCUT2D eigenvalue weighted by Crippen LogP contribution is 1.47.